The normalized spacial score (nSPS) is 13.9. The van der Waals surface area contributed by atoms with E-state index >= 15 is 0 Å². The summed E-state index contributed by atoms with van der Waals surface area (Å²) in [5.41, 5.74) is 5.77. The molecule has 0 aromatic carbocycles. The molecule has 0 spiro atoms. The van der Waals surface area contributed by atoms with E-state index in [4.69, 9.17) is 5.73 Å². The molecule has 3 nitrogen and oxygen atoms in total. The molecule has 0 fully saturated rings. The maximum absolute atomic E-state index is 11.3. The van der Waals surface area contributed by atoms with E-state index in [1.165, 1.54) is 0 Å². The van der Waals surface area contributed by atoms with Gasteiger partial charge in [0.2, 0.25) is 5.91 Å². The summed E-state index contributed by atoms with van der Waals surface area (Å²) < 4.78 is 0. The monoisotopic (exact) mass is 186 g/mol. The van der Waals surface area contributed by atoms with Crippen molar-refractivity contribution in [1.29, 1.82) is 0 Å². The molecule has 0 aromatic rings. The van der Waals surface area contributed by atoms with Crippen molar-refractivity contribution in [3.8, 4) is 0 Å². The number of nitrogens with one attached hydrogen (secondary N) is 1. The van der Waals surface area contributed by atoms with Crippen LogP contribution in [0.1, 0.15) is 40.5 Å². The molecule has 0 radical (unpaired) electrons. The van der Waals surface area contributed by atoms with Crippen molar-refractivity contribution in [3.63, 3.8) is 0 Å². The van der Waals surface area contributed by atoms with Gasteiger partial charge in [0.15, 0.2) is 0 Å². The van der Waals surface area contributed by atoms with Crippen molar-refractivity contribution >= 4 is 5.91 Å². The summed E-state index contributed by atoms with van der Waals surface area (Å²) in [5, 5.41) is 2.84. The number of carbonyl (C=O) groups excluding carboxylic acids is 1. The van der Waals surface area contributed by atoms with Gasteiger partial charge in [0.05, 0.1) is 6.04 Å². The highest BCUT2D eigenvalue weighted by Gasteiger charge is 2.15. The molecular weight excluding hydrogens is 164 g/mol. The predicted molar refractivity (Wildman–Crippen MR) is 55.3 cm³/mol. The fourth-order valence-electron chi connectivity index (χ4n) is 0.925. The zero-order valence-corrected chi connectivity index (χ0v) is 9.18. The van der Waals surface area contributed by atoms with Gasteiger partial charge in [-0.3, -0.25) is 4.79 Å². The fraction of sp³-hybridized carbons (Fsp3) is 0.900. The molecule has 3 N–H and O–H groups in total. The average molecular weight is 186 g/mol. The standard InChI is InChI=1S/C10H22N2O/c1-5-6-8(11)9(13)12-7-10(2,3)4/h8H,5-7,11H2,1-4H3,(H,12,13)/t8-/m0/s1. The lowest BCUT2D eigenvalue weighted by Gasteiger charge is -2.20. The Morgan fingerprint density at radius 3 is 2.38 bits per heavy atom. The van der Waals surface area contributed by atoms with Crippen LogP contribution < -0.4 is 11.1 Å². The smallest absolute Gasteiger partial charge is 0.236 e. The Kier molecular flexibility index (Phi) is 4.99. The van der Waals surface area contributed by atoms with Gasteiger partial charge in [-0.25, -0.2) is 0 Å². The number of nitrogens with two attached hydrogens (primary N) is 1. The molecule has 0 aromatic heterocycles. The van der Waals surface area contributed by atoms with E-state index in [0.717, 1.165) is 12.8 Å². The molecular formula is C10H22N2O. The third-order valence-corrected chi connectivity index (χ3v) is 1.73. The SMILES string of the molecule is CCC[C@H](N)C(=O)NCC(C)(C)C. The van der Waals surface area contributed by atoms with Crippen LogP contribution in [0.4, 0.5) is 0 Å². The van der Waals surface area contributed by atoms with Crippen LogP contribution in [0.2, 0.25) is 0 Å². The Balaban J connectivity index is 3.74. The maximum atomic E-state index is 11.3. The summed E-state index contributed by atoms with van der Waals surface area (Å²) in [4.78, 5) is 11.3. The number of amides is 1. The van der Waals surface area contributed by atoms with Gasteiger partial charge in [-0.05, 0) is 11.8 Å². The molecule has 0 rings (SSSR count). The zero-order chi connectivity index (χ0) is 10.5. The second kappa shape index (κ2) is 5.22. The predicted octanol–water partition coefficient (Wildman–Crippen LogP) is 1.28. The maximum Gasteiger partial charge on any atom is 0.236 e. The van der Waals surface area contributed by atoms with Gasteiger partial charge in [-0.2, -0.15) is 0 Å². The second-order valence-corrected chi connectivity index (χ2v) is 4.67. The number of rotatable bonds is 4. The summed E-state index contributed by atoms with van der Waals surface area (Å²) in [5.74, 6) is -0.0308. The highest BCUT2D eigenvalue weighted by molar-refractivity contribution is 5.81. The molecule has 0 heterocycles. The minimum atomic E-state index is -0.340. The molecule has 0 bridgehead atoms. The lowest BCUT2D eigenvalue weighted by molar-refractivity contribution is -0.122. The molecule has 0 aliphatic carbocycles. The highest BCUT2D eigenvalue weighted by Crippen LogP contribution is 2.10. The van der Waals surface area contributed by atoms with Crippen molar-refractivity contribution in [3.05, 3.63) is 0 Å². The largest absolute Gasteiger partial charge is 0.354 e. The minimum Gasteiger partial charge on any atom is -0.354 e. The van der Waals surface area contributed by atoms with Gasteiger partial charge in [0.1, 0.15) is 0 Å². The first-order chi connectivity index (χ1) is 5.87. The topological polar surface area (TPSA) is 55.1 Å². The molecule has 1 atom stereocenters. The first kappa shape index (κ1) is 12.4. The van der Waals surface area contributed by atoms with E-state index in [0.29, 0.717) is 6.54 Å². The highest BCUT2D eigenvalue weighted by atomic mass is 16.2. The lowest BCUT2D eigenvalue weighted by atomic mass is 9.97. The van der Waals surface area contributed by atoms with Crippen LogP contribution in [-0.4, -0.2) is 18.5 Å². The van der Waals surface area contributed by atoms with Gasteiger partial charge >= 0.3 is 0 Å². The van der Waals surface area contributed by atoms with Gasteiger partial charge in [0, 0.05) is 6.54 Å². The number of hydrogen-bond acceptors (Lipinski definition) is 2. The van der Waals surface area contributed by atoms with Crippen LogP contribution in [0.25, 0.3) is 0 Å². The van der Waals surface area contributed by atoms with Crippen molar-refractivity contribution < 1.29 is 4.79 Å². The third kappa shape index (κ3) is 6.58. The molecule has 0 unspecified atom stereocenters. The number of hydrogen-bond donors (Lipinski definition) is 2. The lowest BCUT2D eigenvalue weighted by Crippen LogP contribution is -2.43. The van der Waals surface area contributed by atoms with E-state index in [1.807, 2.05) is 6.92 Å². The van der Waals surface area contributed by atoms with Crippen LogP contribution in [0.5, 0.6) is 0 Å². The molecule has 13 heavy (non-hydrogen) atoms. The van der Waals surface area contributed by atoms with E-state index in [9.17, 15) is 4.79 Å². The quantitative estimate of drug-likeness (QED) is 0.695. The van der Waals surface area contributed by atoms with Gasteiger partial charge < -0.3 is 11.1 Å². The Hall–Kier alpha value is -0.570. The summed E-state index contributed by atoms with van der Waals surface area (Å²) in [7, 11) is 0. The molecule has 0 saturated heterocycles. The molecule has 0 aliphatic heterocycles. The third-order valence-electron chi connectivity index (χ3n) is 1.73. The first-order valence-electron chi connectivity index (χ1n) is 4.90. The van der Waals surface area contributed by atoms with Crippen molar-refractivity contribution in [1.82, 2.24) is 5.32 Å². The van der Waals surface area contributed by atoms with Crippen molar-refractivity contribution in [2.75, 3.05) is 6.54 Å². The van der Waals surface area contributed by atoms with E-state index in [1.54, 1.807) is 0 Å². The Labute approximate surface area is 81.1 Å². The Morgan fingerprint density at radius 2 is 2.00 bits per heavy atom. The molecule has 0 saturated carbocycles. The molecule has 0 aliphatic rings. The van der Waals surface area contributed by atoms with Crippen molar-refractivity contribution in [2.45, 2.75) is 46.6 Å². The molecule has 1 amide bonds. The Morgan fingerprint density at radius 1 is 1.46 bits per heavy atom. The summed E-state index contributed by atoms with van der Waals surface area (Å²) in [6, 6.07) is -0.340. The summed E-state index contributed by atoms with van der Waals surface area (Å²) in [6.45, 7) is 8.95. The van der Waals surface area contributed by atoms with Crippen LogP contribution in [0.15, 0.2) is 0 Å². The van der Waals surface area contributed by atoms with E-state index in [-0.39, 0.29) is 17.4 Å². The van der Waals surface area contributed by atoms with Crippen LogP contribution >= 0.6 is 0 Å². The molecule has 78 valence electrons. The van der Waals surface area contributed by atoms with E-state index < -0.39 is 0 Å². The summed E-state index contributed by atoms with van der Waals surface area (Å²) >= 11 is 0. The van der Waals surface area contributed by atoms with Crippen LogP contribution in [0.3, 0.4) is 0 Å². The summed E-state index contributed by atoms with van der Waals surface area (Å²) in [6.07, 6.45) is 1.71. The fourth-order valence-corrected chi connectivity index (χ4v) is 0.925. The Bertz CT molecular complexity index is 161. The average Bonchev–Trinajstić information content (AvgIpc) is 1.99. The second-order valence-electron chi connectivity index (χ2n) is 4.67. The van der Waals surface area contributed by atoms with Gasteiger partial charge in [0.25, 0.3) is 0 Å². The first-order valence-corrected chi connectivity index (χ1v) is 4.90. The minimum absolute atomic E-state index is 0.0308. The van der Waals surface area contributed by atoms with Gasteiger partial charge in [-0.15, -0.1) is 0 Å². The van der Waals surface area contributed by atoms with Crippen LogP contribution in [-0.2, 0) is 4.79 Å². The molecule has 3 heteroatoms. The van der Waals surface area contributed by atoms with E-state index in [2.05, 4.69) is 26.1 Å². The zero-order valence-electron chi connectivity index (χ0n) is 9.18. The van der Waals surface area contributed by atoms with Gasteiger partial charge in [-0.1, -0.05) is 34.1 Å². The van der Waals surface area contributed by atoms with Crippen LogP contribution in [0, 0.1) is 5.41 Å². The number of carbonyl (C=O) groups is 1. The van der Waals surface area contributed by atoms with Crippen molar-refractivity contribution in [2.24, 2.45) is 11.1 Å².